The largest absolute Gasteiger partial charge is 0.508 e. The van der Waals surface area contributed by atoms with E-state index < -0.39 is 5.41 Å². The van der Waals surface area contributed by atoms with Crippen LogP contribution in [0.4, 0.5) is 0 Å². The molecular weight excluding hydrogens is 316 g/mol. The Bertz CT molecular complexity index is 856. The maximum Gasteiger partial charge on any atom is 0.271 e. The molecule has 2 aromatic rings. The Balaban J connectivity index is 1.85. The monoisotopic (exact) mass is 334 g/mol. The van der Waals surface area contributed by atoms with Crippen LogP contribution in [-0.4, -0.2) is 22.3 Å². The maximum atomic E-state index is 12.1. The highest BCUT2D eigenvalue weighted by Crippen LogP contribution is 2.38. The molecule has 5 nitrogen and oxygen atoms in total. The Hall–Kier alpha value is -3.34. The Morgan fingerprint density at radius 3 is 2.60 bits per heavy atom. The van der Waals surface area contributed by atoms with E-state index in [2.05, 4.69) is 10.5 Å². The molecule has 0 saturated heterocycles. The summed E-state index contributed by atoms with van der Waals surface area (Å²) in [4.78, 5) is 12.1. The number of carbonyl (C=O) groups is 1. The van der Waals surface area contributed by atoms with Crippen LogP contribution in [0.2, 0.25) is 0 Å². The van der Waals surface area contributed by atoms with Crippen LogP contribution in [0, 0.1) is 0 Å². The number of phenols is 2. The molecule has 126 valence electrons. The average molecular weight is 334 g/mol. The summed E-state index contributed by atoms with van der Waals surface area (Å²) >= 11 is 0. The molecular formula is C20H18N2O3. The van der Waals surface area contributed by atoms with Crippen molar-refractivity contribution in [2.45, 2.75) is 11.8 Å². The molecule has 0 saturated carbocycles. The van der Waals surface area contributed by atoms with Crippen molar-refractivity contribution in [3.8, 4) is 11.5 Å². The minimum atomic E-state index is -0.698. The van der Waals surface area contributed by atoms with E-state index in [9.17, 15) is 15.0 Å². The summed E-state index contributed by atoms with van der Waals surface area (Å²) in [5.41, 5.74) is 2.93. The van der Waals surface area contributed by atoms with E-state index >= 15 is 0 Å². The number of hydrazone groups is 1. The van der Waals surface area contributed by atoms with Crippen molar-refractivity contribution in [3.63, 3.8) is 0 Å². The summed E-state index contributed by atoms with van der Waals surface area (Å²) in [6.07, 6.45) is 9.80. The van der Waals surface area contributed by atoms with E-state index in [1.54, 1.807) is 36.5 Å². The molecule has 0 bridgehead atoms. The zero-order valence-corrected chi connectivity index (χ0v) is 13.5. The summed E-state index contributed by atoms with van der Waals surface area (Å²) in [5, 5.41) is 23.8. The smallest absolute Gasteiger partial charge is 0.271 e. The number of rotatable bonds is 4. The lowest BCUT2D eigenvalue weighted by molar-refractivity contribution is 0.0955. The third-order valence-electron chi connectivity index (χ3n) is 4.08. The SMILES string of the molecule is O=C(NN=CC1(c2ccc(O)cc2O)C=CC=CC1)c1ccccc1. The van der Waals surface area contributed by atoms with Gasteiger partial charge in [-0.3, -0.25) is 4.79 Å². The Morgan fingerprint density at radius 2 is 1.92 bits per heavy atom. The van der Waals surface area contributed by atoms with Crippen LogP contribution >= 0.6 is 0 Å². The van der Waals surface area contributed by atoms with Gasteiger partial charge >= 0.3 is 0 Å². The summed E-state index contributed by atoms with van der Waals surface area (Å²) in [7, 11) is 0. The normalized spacial score (nSPS) is 19.2. The van der Waals surface area contributed by atoms with Crippen LogP contribution < -0.4 is 5.43 Å². The molecule has 1 amide bonds. The lowest BCUT2D eigenvalue weighted by Crippen LogP contribution is -2.28. The number of amides is 1. The molecule has 25 heavy (non-hydrogen) atoms. The molecule has 5 heteroatoms. The first-order valence-corrected chi connectivity index (χ1v) is 7.87. The fourth-order valence-corrected chi connectivity index (χ4v) is 2.78. The molecule has 3 N–H and O–H groups in total. The molecule has 0 fully saturated rings. The number of aromatic hydroxyl groups is 2. The highest BCUT2D eigenvalue weighted by Gasteiger charge is 2.30. The minimum absolute atomic E-state index is 0.0129. The Labute approximate surface area is 145 Å². The van der Waals surface area contributed by atoms with E-state index in [1.165, 1.54) is 12.1 Å². The molecule has 1 unspecified atom stereocenters. The average Bonchev–Trinajstić information content (AvgIpc) is 2.63. The first kappa shape index (κ1) is 16.5. The van der Waals surface area contributed by atoms with Gasteiger partial charge in [-0.25, -0.2) is 5.43 Å². The van der Waals surface area contributed by atoms with Crippen molar-refractivity contribution in [1.82, 2.24) is 5.43 Å². The standard InChI is InChI=1S/C20H18N2O3/c23-16-9-10-17(18(24)13-16)20(11-5-2-6-12-20)14-21-22-19(25)15-7-3-1-4-8-15/h1-11,13-14,23-24H,12H2,(H,22,25). The predicted molar refractivity (Wildman–Crippen MR) is 96.7 cm³/mol. The van der Waals surface area contributed by atoms with Gasteiger partial charge in [0.2, 0.25) is 0 Å². The lowest BCUT2D eigenvalue weighted by atomic mass is 9.76. The van der Waals surface area contributed by atoms with E-state index in [1.807, 2.05) is 30.4 Å². The fourth-order valence-electron chi connectivity index (χ4n) is 2.78. The van der Waals surface area contributed by atoms with E-state index in [0.29, 0.717) is 17.5 Å². The fraction of sp³-hybridized carbons (Fsp3) is 0.100. The van der Waals surface area contributed by atoms with Crippen molar-refractivity contribution in [3.05, 3.63) is 84.0 Å². The Morgan fingerprint density at radius 1 is 1.12 bits per heavy atom. The third kappa shape index (κ3) is 3.61. The number of nitrogens with zero attached hydrogens (tertiary/aromatic N) is 1. The lowest BCUT2D eigenvalue weighted by Gasteiger charge is -2.28. The van der Waals surface area contributed by atoms with Gasteiger partial charge < -0.3 is 10.2 Å². The number of benzene rings is 2. The van der Waals surface area contributed by atoms with Crippen molar-refractivity contribution in [2.75, 3.05) is 0 Å². The quantitative estimate of drug-likeness (QED) is 0.593. The van der Waals surface area contributed by atoms with Gasteiger partial charge in [-0.15, -0.1) is 0 Å². The Kier molecular flexibility index (Phi) is 4.66. The zero-order chi connectivity index (χ0) is 17.7. The molecule has 0 spiro atoms. The highest BCUT2D eigenvalue weighted by molar-refractivity contribution is 5.94. The molecule has 0 aromatic heterocycles. The number of hydrogen-bond donors (Lipinski definition) is 3. The van der Waals surface area contributed by atoms with Gasteiger partial charge in [0.25, 0.3) is 5.91 Å². The van der Waals surface area contributed by atoms with Crippen LogP contribution in [0.15, 0.2) is 77.9 Å². The number of hydrogen-bond acceptors (Lipinski definition) is 4. The molecule has 0 radical (unpaired) electrons. The van der Waals surface area contributed by atoms with Crippen LogP contribution in [0.1, 0.15) is 22.3 Å². The summed E-state index contributed by atoms with van der Waals surface area (Å²) in [6.45, 7) is 0. The van der Waals surface area contributed by atoms with Gasteiger partial charge in [-0.2, -0.15) is 5.10 Å². The maximum absolute atomic E-state index is 12.1. The summed E-state index contributed by atoms with van der Waals surface area (Å²) < 4.78 is 0. The van der Waals surface area contributed by atoms with E-state index in [0.717, 1.165) is 0 Å². The van der Waals surface area contributed by atoms with Gasteiger partial charge in [0.1, 0.15) is 11.5 Å². The van der Waals surface area contributed by atoms with E-state index in [4.69, 9.17) is 0 Å². The second-order valence-corrected chi connectivity index (χ2v) is 5.80. The molecule has 2 aromatic carbocycles. The van der Waals surface area contributed by atoms with Gasteiger partial charge in [0, 0.05) is 23.4 Å². The topological polar surface area (TPSA) is 81.9 Å². The molecule has 0 heterocycles. The van der Waals surface area contributed by atoms with Crippen LogP contribution in [-0.2, 0) is 5.41 Å². The van der Waals surface area contributed by atoms with Gasteiger partial charge in [-0.05, 0) is 24.6 Å². The van der Waals surface area contributed by atoms with Gasteiger partial charge in [-0.1, -0.05) is 48.6 Å². The van der Waals surface area contributed by atoms with Crippen LogP contribution in [0.5, 0.6) is 11.5 Å². The van der Waals surface area contributed by atoms with Crippen LogP contribution in [0.25, 0.3) is 0 Å². The predicted octanol–water partition coefficient (Wildman–Crippen LogP) is 3.27. The van der Waals surface area contributed by atoms with Gasteiger partial charge in [0.05, 0.1) is 5.41 Å². The molecule has 3 rings (SSSR count). The first-order chi connectivity index (χ1) is 12.1. The van der Waals surface area contributed by atoms with Crippen molar-refractivity contribution >= 4 is 12.1 Å². The van der Waals surface area contributed by atoms with Crippen molar-refractivity contribution in [1.29, 1.82) is 0 Å². The van der Waals surface area contributed by atoms with Crippen molar-refractivity contribution < 1.29 is 15.0 Å². The van der Waals surface area contributed by atoms with Crippen molar-refractivity contribution in [2.24, 2.45) is 5.10 Å². The molecule has 1 atom stereocenters. The summed E-state index contributed by atoms with van der Waals surface area (Å²) in [6, 6.07) is 13.3. The van der Waals surface area contributed by atoms with E-state index in [-0.39, 0.29) is 17.4 Å². The van der Waals surface area contributed by atoms with Gasteiger partial charge in [0.15, 0.2) is 0 Å². The molecule has 1 aliphatic carbocycles. The highest BCUT2D eigenvalue weighted by atomic mass is 16.3. The molecule has 0 aliphatic heterocycles. The number of allylic oxidation sites excluding steroid dienone is 4. The third-order valence-corrected chi connectivity index (χ3v) is 4.08. The first-order valence-electron chi connectivity index (χ1n) is 7.87. The number of phenolic OH excluding ortho intramolecular Hbond substituents is 2. The zero-order valence-electron chi connectivity index (χ0n) is 13.5. The minimum Gasteiger partial charge on any atom is -0.508 e. The number of carbonyl (C=O) groups excluding carboxylic acids is 1. The number of nitrogens with one attached hydrogen (secondary N) is 1. The summed E-state index contributed by atoms with van der Waals surface area (Å²) in [5.74, 6) is -0.348. The van der Waals surface area contributed by atoms with Crippen LogP contribution in [0.3, 0.4) is 0 Å². The second-order valence-electron chi connectivity index (χ2n) is 5.80. The second kappa shape index (κ2) is 7.05. The molecule has 1 aliphatic rings.